The van der Waals surface area contributed by atoms with E-state index in [4.69, 9.17) is 0 Å². The van der Waals surface area contributed by atoms with Crippen molar-refractivity contribution >= 4 is 88.1 Å². The average molecular weight is 508 g/mol. The van der Waals surface area contributed by atoms with Crippen LogP contribution in [-0.4, -0.2) is 8.75 Å². The molecule has 0 aliphatic carbocycles. The fourth-order valence-electron chi connectivity index (χ4n) is 3.09. The lowest BCUT2D eigenvalue weighted by Crippen LogP contribution is -1.87. The Balaban J connectivity index is 1.98. The number of halogens is 2. The zero-order chi connectivity index (χ0) is 17.0. The third kappa shape index (κ3) is 2.61. The van der Waals surface area contributed by atoms with Gasteiger partial charge in [0, 0.05) is 20.9 Å². The van der Waals surface area contributed by atoms with E-state index in [1.54, 1.807) is 22.7 Å². The van der Waals surface area contributed by atoms with Crippen molar-refractivity contribution in [3.8, 4) is 20.9 Å². The Bertz CT molecular complexity index is 1140. The second-order valence-corrected chi connectivity index (χ2v) is 10.9. The van der Waals surface area contributed by atoms with Crippen molar-refractivity contribution in [3.05, 3.63) is 56.1 Å². The molecule has 0 saturated heterocycles. The first-order valence-electron chi connectivity index (χ1n) is 7.41. The SMILES string of the molecule is Brc1ccc(-c2c3ccccc3c(-c3ccc(Br)s3)c3nsnc23)s1. The highest BCUT2D eigenvalue weighted by Gasteiger charge is 2.21. The van der Waals surface area contributed by atoms with Gasteiger partial charge in [0.15, 0.2) is 0 Å². The molecule has 0 bridgehead atoms. The van der Waals surface area contributed by atoms with Crippen LogP contribution in [-0.2, 0) is 0 Å². The number of rotatable bonds is 2. The Kier molecular flexibility index (Phi) is 4.02. The fourth-order valence-corrected chi connectivity index (χ4v) is 6.54. The molecule has 5 rings (SSSR count). The normalized spacial score (nSPS) is 11.6. The van der Waals surface area contributed by atoms with E-state index < -0.39 is 0 Å². The average Bonchev–Trinajstić information content (AvgIpc) is 3.34. The molecule has 0 aliphatic rings. The van der Waals surface area contributed by atoms with Crippen molar-refractivity contribution in [2.24, 2.45) is 0 Å². The quantitative estimate of drug-likeness (QED) is 0.243. The van der Waals surface area contributed by atoms with Crippen LogP contribution >= 0.6 is 66.3 Å². The minimum atomic E-state index is 0.984. The lowest BCUT2D eigenvalue weighted by atomic mass is 9.95. The van der Waals surface area contributed by atoms with Crippen LogP contribution in [0.1, 0.15) is 0 Å². The van der Waals surface area contributed by atoms with Crippen LogP contribution in [0.25, 0.3) is 42.7 Å². The lowest BCUT2D eigenvalue weighted by Gasteiger charge is -2.11. The minimum Gasteiger partial charge on any atom is -0.172 e. The molecule has 7 heteroatoms. The van der Waals surface area contributed by atoms with Crippen molar-refractivity contribution in [1.82, 2.24) is 8.75 Å². The molecular weight excluding hydrogens is 500 g/mol. The van der Waals surface area contributed by atoms with Crippen molar-refractivity contribution in [2.75, 3.05) is 0 Å². The number of aromatic nitrogens is 2. The van der Waals surface area contributed by atoms with Gasteiger partial charge in [-0.15, -0.1) is 22.7 Å². The fraction of sp³-hybridized carbons (Fsp3) is 0. The van der Waals surface area contributed by atoms with Gasteiger partial charge in [-0.1, -0.05) is 24.3 Å². The molecule has 25 heavy (non-hydrogen) atoms. The highest BCUT2D eigenvalue weighted by atomic mass is 79.9. The Labute approximate surface area is 172 Å². The molecule has 0 fully saturated rings. The van der Waals surface area contributed by atoms with Gasteiger partial charge >= 0.3 is 0 Å². The van der Waals surface area contributed by atoms with Crippen LogP contribution in [0, 0.1) is 0 Å². The molecule has 0 saturated carbocycles. The number of benzene rings is 2. The van der Waals surface area contributed by atoms with Crippen molar-refractivity contribution in [3.63, 3.8) is 0 Å². The maximum Gasteiger partial charge on any atom is 0.114 e. The molecule has 0 spiro atoms. The van der Waals surface area contributed by atoms with Gasteiger partial charge in [-0.25, -0.2) is 0 Å². The largest absolute Gasteiger partial charge is 0.172 e. The van der Waals surface area contributed by atoms with E-state index in [-0.39, 0.29) is 0 Å². The Morgan fingerprint density at radius 1 is 0.640 bits per heavy atom. The van der Waals surface area contributed by atoms with Crippen LogP contribution in [0.15, 0.2) is 56.1 Å². The summed E-state index contributed by atoms with van der Waals surface area (Å²) in [5, 5.41) is 2.44. The molecule has 0 atom stereocenters. The second kappa shape index (κ2) is 6.25. The summed E-state index contributed by atoms with van der Waals surface area (Å²) in [7, 11) is 0. The summed E-state index contributed by atoms with van der Waals surface area (Å²) >= 11 is 11.9. The maximum atomic E-state index is 4.66. The van der Waals surface area contributed by atoms with Crippen LogP contribution in [0.5, 0.6) is 0 Å². The van der Waals surface area contributed by atoms with Gasteiger partial charge in [0.2, 0.25) is 0 Å². The highest BCUT2D eigenvalue weighted by Crippen LogP contribution is 2.46. The minimum absolute atomic E-state index is 0.984. The van der Waals surface area contributed by atoms with Gasteiger partial charge < -0.3 is 0 Å². The van der Waals surface area contributed by atoms with Gasteiger partial charge in [0.1, 0.15) is 11.0 Å². The summed E-state index contributed by atoms with van der Waals surface area (Å²) in [6, 6.07) is 17.0. The molecular formula is C18H8Br2N2S3. The van der Waals surface area contributed by atoms with E-state index in [1.807, 2.05) is 0 Å². The molecule has 0 N–H and O–H groups in total. The van der Waals surface area contributed by atoms with Crippen molar-refractivity contribution in [1.29, 1.82) is 0 Å². The monoisotopic (exact) mass is 506 g/mol. The van der Waals surface area contributed by atoms with Gasteiger partial charge in [-0.05, 0) is 66.9 Å². The Hall–Kier alpha value is -1.12. The standard InChI is InChI=1S/C18H8Br2N2S3/c19-13-7-5-11(23-13)15-9-3-1-2-4-10(9)16(12-6-8-14(20)24-12)18-17(15)21-25-22-18/h1-8H. The van der Waals surface area contributed by atoms with Gasteiger partial charge in [0.05, 0.1) is 19.3 Å². The van der Waals surface area contributed by atoms with Crippen molar-refractivity contribution < 1.29 is 0 Å². The van der Waals surface area contributed by atoms with Crippen LogP contribution < -0.4 is 0 Å². The summed E-state index contributed by atoms with van der Waals surface area (Å²) in [5.74, 6) is 0. The number of hydrogen-bond donors (Lipinski definition) is 0. The predicted octanol–water partition coefficient (Wildman–Crippen LogP) is 7.83. The number of hydrogen-bond acceptors (Lipinski definition) is 5. The summed E-state index contributed by atoms with van der Waals surface area (Å²) in [6.07, 6.45) is 0. The summed E-state index contributed by atoms with van der Waals surface area (Å²) in [5.41, 5.74) is 4.32. The first-order chi connectivity index (χ1) is 12.2. The molecule has 0 aliphatic heterocycles. The Morgan fingerprint density at radius 3 is 1.52 bits per heavy atom. The van der Waals surface area contributed by atoms with Crippen LogP contribution in [0.4, 0.5) is 0 Å². The van der Waals surface area contributed by atoms with E-state index in [0.29, 0.717) is 0 Å². The molecule has 5 aromatic rings. The second-order valence-electron chi connectivity index (χ2n) is 5.46. The summed E-state index contributed by atoms with van der Waals surface area (Å²) < 4.78 is 11.6. The van der Waals surface area contributed by atoms with Gasteiger partial charge in [0.25, 0.3) is 0 Å². The Morgan fingerprint density at radius 2 is 1.12 bits per heavy atom. The van der Waals surface area contributed by atoms with E-state index in [1.165, 1.54) is 43.4 Å². The van der Waals surface area contributed by atoms with E-state index >= 15 is 0 Å². The van der Waals surface area contributed by atoms with Crippen molar-refractivity contribution in [2.45, 2.75) is 0 Å². The molecule has 122 valence electrons. The van der Waals surface area contributed by atoms with Crippen LogP contribution in [0.2, 0.25) is 0 Å². The summed E-state index contributed by atoms with van der Waals surface area (Å²) in [4.78, 5) is 2.42. The van der Waals surface area contributed by atoms with E-state index in [2.05, 4.69) is 89.1 Å². The van der Waals surface area contributed by atoms with Crippen LogP contribution in [0.3, 0.4) is 0 Å². The smallest absolute Gasteiger partial charge is 0.114 e. The molecule has 0 amide bonds. The molecule has 2 nitrogen and oxygen atoms in total. The third-order valence-corrected chi connectivity index (χ3v) is 7.88. The zero-order valence-corrected chi connectivity index (χ0v) is 18.1. The molecule has 2 aromatic carbocycles. The molecule has 3 heterocycles. The number of thiophene rings is 2. The molecule has 0 radical (unpaired) electrons. The first kappa shape index (κ1) is 16.1. The number of nitrogens with zero attached hydrogens (tertiary/aromatic N) is 2. The zero-order valence-electron chi connectivity index (χ0n) is 12.5. The van der Waals surface area contributed by atoms with Gasteiger partial charge in [-0.3, -0.25) is 0 Å². The first-order valence-corrected chi connectivity index (χ1v) is 11.4. The highest BCUT2D eigenvalue weighted by molar-refractivity contribution is 9.11. The topological polar surface area (TPSA) is 25.8 Å². The number of fused-ring (bicyclic) bond motifs is 2. The molecule has 3 aromatic heterocycles. The third-order valence-electron chi connectivity index (χ3n) is 4.07. The lowest BCUT2D eigenvalue weighted by molar-refractivity contribution is 1.66. The van der Waals surface area contributed by atoms with Gasteiger partial charge in [-0.2, -0.15) is 8.75 Å². The van der Waals surface area contributed by atoms with E-state index in [9.17, 15) is 0 Å². The van der Waals surface area contributed by atoms with E-state index in [0.717, 1.165) is 18.6 Å². The molecule has 0 unspecified atom stereocenters. The maximum absolute atomic E-state index is 4.66. The predicted molar refractivity (Wildman–Crippen MR) is 117 cm³/mol. The summed E-state index contributed by atoms with van der Waals surface area (Å²) in [6.45, 7) is 0.